The van der Waals surface area contributed by atoms with Gasteiger partial charge in [-0.1, -0.05) is 30.3 Å². The van der Waals surface area contributed by atoms with Gasteiger partial charge in [0.2, 0.25) is 0 Å². The van der Waals surface area contributed by atoms with Crippen LogP contribution in [0.25, 0.3) is 11.3 Å². The summed E-state index contributed by atoms with van der Waals surface area (Å²) in [7, 11) is 0. The van der Waals surface area contributed by atoms with Crippen LogP contribution in [-0.2, 0) is 4.74 Å². The largest absolute Gasteiger partial charge is 0.443 e. The second kappa shape index (κ2) is 5.15. The van der Waals surface area contributed by atoms with Crippen molar-refractivity contribution in [3.05, 3.63) is 42.1 Å². The van der Waals surface area contributed by atoms with Crippen molar-refractivity contribution in [1.82, 2.24) is 10.2 Å². The van der Waals surface area contributed by atoms with E-state index in [1.165, 1.54) is 6.92 Å². The number of rotatable bonds is 3. The molecule has 0 fully saturated rings. The van der Waals surface area contributed by atoms with Crippen LogP contribution >= 0.6 is 0 Å². The maximum Gasteiger partial charge on any atom is 0.357 e. The van der Waals surface area contributed by atoms with Crippen molar-refractivity contribution in [3.8, 4) is 17.3 Å². The van der Waals surface area contributed by atoms with E-state index in [0.717, 1.165) is 5.56 Å². The van der Waals surface area contributed by atoms with Crippen LogP contribution in [0.15, 0.2) is 36.4 Å². The lowest BCUT2D eigenvalue weighted by molar-refractivity contribution is 0.0428. The number of nitrogens with one attached hydrogen (secondary N) is 1. The van der Waals surface area contributed by atoms with E-state index in [0.29, 0.717) is 5.69 Å². The van der Waals surface area contributed by atoms with Crippen LogP contribution in [0.4, 0.5) is 0 Å². The highest BCUT2D eigenvalue weighted by Crippen LogP contribution is 2.17. The Hall–Kier alpha value is -2.61. The zero-order valence-electron chi connectivity index (χ0n) is 9.75. The van der Waals surface area contributed by atoms with Crippen molar-refractivity contribution in [2.24, 2.45) is 0 Å². The van der Waals surface area contributed by atoms with E-state index in [1.54, 1.807) is 6.07 Å². The van der Waals surface area contributed by atoms with Crippen molar-refractivity contribution in [2.45, 2.75) is 13.0 Å². The molecule has 0 amide bonds. The lowest BCUT2D eigenvalue weighted by atomic mass is 10.1. The number of nitriles is 1. The average Bonchev–Trinajstić information content (AvgIpc) is 2.89. The van der Waals surface area contributed by atoms with Gasteiger partial charge in [0.1, 0.15) is 11.8 Å². The molecule has 5 nitrogen and oxygen atoms in total. The zero-order chi connectivity index (χ0) is 13.0. The SMILES string of the molecule is C[C@@H](C#N)OC(=O)c1cc(-c2ccccc2)n[nH]1. The van der Waals surface area contributed by atoms with Gasteiger partial charge in [-0.05, 0) is 13.0 Å². The van der Waals surface area contributed by atoms with E-state index in [9.17, 15) is 4.79 Å². The van der Waals surface area contributed by atoms with Crippen molar-refractivity contribution < 1.29 is 9.53 Å². The molecule has 0 bridgehead atoms. The Balaban J connectivity index is 2.17. The highest BCUT2D eigenvalue weighted by Gasteiger charge is 2.14. The van der Waals surface area contributed by atoms with E-state index in [1.807, 2.05) is 36.4 Å². The number of carbonyl (C=O) groups excluding carboxylic acids is 1. The van der Waals surface area contributed by atoms with Crippen LogP contribution in [0.1, 0.15) is 17.4 Å². The lowest BCUT2D eigenvalue weighted by Crippen LogP contribution is -2.13. The average molecular weight is 241 g/mol. The molecule has 1 atom stereocenters. The van der Waals surface area contributed by atoms with E-state index in [4.69, 9.17) is 10.00 Å². The summed E-state index contributed by atoms with van der Waals surface area (Å²) in [4.78, 5) is 11.6. The predicted octanol–water partition coefficient (Wildman–Crippen LogP) is 2.15. The normalized spacial score (nSPS) is 11.6. The van der Waals surface area contributed by atoms with E-state index < -0.39 is 12.1 Å². The third kappa shape index (κ3) is 2.55. The Bertz CT molecular complexity index is 584. The van der Waals surface area contributed by atoms with Crippen LogP contribution in [-0.4, -0.2) is 22.3 Å². The van der Waals surface area contributed by atoms with Gasteiger partial charge in [-0.3, -0.25) is 5.10 Å². The van der Waals surface area contributed by atoms with E-state index >= 15 is 0 Å². The first kappa shape index (κ1) is 11.9. The summed E-state index contributed by atoms with van der Waals surface area (Å²) < 4.78 is 4.86. The van der Waals surface area contributed by atoms with E-state index in [2.05, 4.69) is 10.2 Å². The molecule has 0 aliphatic heterocycles. The Morgan fingerprint density at radius 3 is 2.83 bits per heavy atom. The number of hydrogen-bond donors (Lipinski definition) is 1. The smallest absolute Gasteiger partial charge is 0.357 e. The molecule has 0 saturated carbocycles. The van der Waals surface area contributed by atoms with Crippen LogP contribution in [0.5, 0.6) is 0 Å². The standard InChI is InChI=1S/C13H11N3O2/c1-9(8-14)18-13(17)12-7-11(15-16-12)10-5-3-2-4-6-10/h2-7,9H,1H3,(H,15,16)/t9-/m0/s1. The maximum atomic E-state index is 11.6. The minimum atomic E-state index is -0.777. The van der Waals surface area contributed by atoms with Crippen LogP contribution in [0.3, 0.4) is 0 Å². The number of aromatic nitrogens is 2. The maximum absolute atomic E-state index is 11.6. The fraction of sp³-hybridized carbons (Fsp3) is 0.154. The number of carbonyl (C=O) groups is 1. The van der Waals surface area contributed by atoms with Crippen molar-refractivity contribution in [2.75, 3.05) is 0 Å². The molecule has 2 rings (SSSR count). The lowest BCUT2D eigenvalue weighted by Gasteiger charge is -2.02. The minimum absolute atomic E-state index is 0.232. The van der Waals surface area contributed by atoms with Gasteiger partial charge in [-0.15, -0.1) is 0 Å². The molecule has 0 radical (unpaired) electrons. The fourth-order valence-corrected chi connectivity index (χ4v) is 1.43. The van der Waals surface area contributed by atoms with Gasteiger partial charge in [-0.25, -0.2) is 4.79 Å². The van der Waals surface area contributed by atoms with E-state index in [-0.39, 0.29) is 5.69 Å². The third-order valence-electron chi connectivity index (χ3n) is 2.33. The quantitative estimate of drug-likeness (QED) is 0.835. The Kier molecular flexibility index (Phi) is 3.39. The summed E-state index contributed by atoms with van der Waals surface area (Å²) in [6, 6.07) is 12.9. The van der Waals surface area contributed by atoms with Crippen molar-refractivity contribution in [3.63, 3.8) is 0 Å². The highest BCUT2D eigenvalue weighted by atomic mass is 16.5. The molecule has 1 aromatic carbocycles. The molecule has 1 aromatic heterocycles. The van der Waals surface area contributed by atoms with Crippen LogP contribution in [0, 0.1) is 11.3 Å². The van der Waals surface area contributed by atoms with Gasteiger partial charge in [0, 0.05) is 5.56 Å². The summed E-state index contributed by atoms with van der Waals surface area (Å²) in [5.41, 5.74) is 1.80. The molecule has 5 heteroatoms. The molecule has 0 saturated heterocycles. The fourth-order valence-electron chi connectivity index (χ4n) is 1.43. The van der Waals surface area contributed by atoms with Gasteiger partial charge in [0.15, 0.2) is 6.10 Å². The summed E-state index contributed by atoms with van der Waals surface area (Å²) in [5.74, 6) is -0.585. The molecule has 1 heterocycles. The Labute approximate surface area is 104 Å². The molecular weight excluding hydrogens is 230 g/mol. The van der Waals surface area contributed by atoms with Crippen LogP contribution < -0.4 is 0 Å². The molecular formula is C13H11N3O2. The second-order valence-corrected chi connectivity index (χ2v) is 3.71. The summed E-state index contributed by atoms with van der Waals surface area (Å²) in [5, 5.41) is 15.2. The topological polar surface area (TPSA) is 78.8 Å². The molecule has 18 heavy (non-hydrogen) atoms. The molecule has 0 spiro atoms. The first-order chi connectivity index (χ1) is 8.70. The molecule has 0 aliphatic carbocycles. The highest BCUT2D eigenvalue weighted by molar-refractivity contribution is 5.88. The number of nitrogens with zero attached hydrogens (tertiary/aromatic N) is 2. The zero-order valence-corrected chi connectivity index (χ0v) is 9.75. The summed E-state index contributed by atoms with van der Waals surface area (Å²) in [6.45, 7) is 1.51. The molecule has 0 aliphatic rings. The first-order valence-electron chi connectivity index (χ1n) is 5.42. The number of aromatic amines is 1. The Morgan fingerprint density at radius 2 is 2.17 bits per heavy atom. The molecule has 2 aromatic rings. The second-order valence-electron chi connectivity index (χ2n) is 3.71. The van der Waals surface area contributed by atoms with Gasteiger partial charge < -0.3 is 4.74 Å². The monoisotopic (exact) mass is 241 g/mol. The number of hydrogen-bond acceptors (Lipinski definition) is 4. The summed E-state index contributed by atoms with van der Waals surface area (Å²) in [6.07, 6.45) is -0.777. The first-order valence-corrected chi connectivity index (χ1v) is 5.42. The number of ether oxygens (including phenoxy) is 1. The van der Waals surface area contributed by atoms with Gasteiger partial charge in [-0.2, -0.15) is 10.4 Å². The number of esters is 1. The predicted molar refractivity (Wildman–Crippen MR) is 64.5 cm³/mol. The van der Waals surface area contributed by atoms with Crippen LogP contribution in [0.2, 0.25) is 0 Å². The summed E-state index contributed by atoms with van der Waals surface area (Å²) >= 11 is 0. The Morgan fingerprint density at radius 1 is 1.44 bits per heavy atom. The number of benzene rings is 1. The third-order valence-corrected chi connectivity index (χ3v) is 2.33. The van der Waals surface area contributed by atoms with Crippen molar-refractivity contribution >= 4 is 5.97 Å². The molecule has 1 N–H and O–H groups in total. The molecule has 0 unspecified atom stereocenters. The minimum Gasteiger partial charge on any atom is -0.443 e. The van der Waals surface area contributed by atoms with Crippen molar-refractivity contribution in [1.29, 1.82) is 5.26 Å². The van der Waals surface area contributed by atoms with Gasteiger partial charge in [0.25, 0.3) is 0 Å². The molecule has 90 valence electrons. The number of H-pyrrole nitrogens is 1. The van der Waals surface area contributed by atoms with Gasteiger partial charge in [0.05, 0.1) is 5.69 Å². The van der Waals surface area contributed by atoms with Gasteiger partial charge >= 0.3 is 5.97 Å².